The minimum atomic E-state index is 0.619. The third-order valence-electron chi connectivity index (χ3n) is 8.86. The molecule has 0 unspecified atom stereocenters. The maximum absolute atomic E-state index is 10.0. The summed E-state index contributed by atoms with van der Waals surface area (Å²) < 4.78 is 12.6. The van der Waals surface area contributed by atoms with E-state index in [1.807, 2.05) is 66.7 Å². The molecule has 3 heteroatoms. The molecule has 0 aliphatic carbocycles. The van der Waals surface area contributed by atoms with Gasteiger partial charge in [0.1, 0.15) is 22.3 Å². The maximum atomic E-state index is 10.0. The molecule has 7 aromatic carbocycles. The Kier molecular flexibility index (Phi) is 5.88. The highest BCUT2D eigenvalue weighted by molar-refractivity contribution is 6.10. The average Bonchev–Trinajstić information content (AvgIpc) is 3.70. The zero-order valence-electron chi connectivity index (χ0n) is 24.7. The van der Waals surface area contributed by atoms with E-state index in [0.29, 0.717) is 5.56 Å². The first-order valence-electron chi connectivity index (χ1n) is 15.3. The van der Waals surface area contributed by atoms with Crippen molar-refractivity contribution in [1.82, 2.24) is 0 Å². The SMILES string of the molecule is N#Cc1cc(-c2ccccc2)cc(-c2cc(-c3ccc4oc5ccccc5c4c3)cc(-c3cccc4c3oc3ccccc34)c2)c1. The quantitative estimate of drug-likeness (QED) is 0.206. The van der Waals surface area contributed by atoms with Gasteiger partial charge in [0.2, 0.25) is 0 Å². The van der Waals surface area contributed by atoms with Crippen LogP contribution in [0, 0.1) is 11.3 Å². The lowest BCUT2D eigenvalue weighted by Gasteiger charge is -2.13. The summed E-state index contributed by atoms with van der Waals surface area (Å²) in [5.41, 5.74) is 12.4. The molecule has 2 aromatic heterocycles. The highest BCUT2D eigenvalue weighted by Gasteiger charge is 2.16. The van der Waals surface area contributed by atoms with Crippen molar-refractivity contribution in [3.63, 3.8) is 0 Å². The molecule has 0 saturated heterocycles. The smallest absolute Gasteiger partial charge is 0.143 e. The molecule has 0 atom stereocenters. The minimum Gasteiger partial charge on any atom is -0.456 e. The fourth-order valence-electron chi connectivity index (χ4n) is 6.65. The lowest BCUT2D eigenvalue weighted by molar-refractivity contribution is 0.669. The van der Waals surface area contributed by atoms with Gasteiger partial charge in [-0.25, -0.2) is 0 Å². The van der Waals surface area contributed by atoms with Crippen molar-refractivity contribution in [3.05, 3.63) is 157 Å². The van der Waals surface area contributed by atoms with Crippen molar-refractivity contribution in [2.24, 2.45) is 0 Å². The summed E-state index contributed by atoms with van der Waals surface area (Å²) in [6, 6.07) is 54.4. The molecule has 46 heavy (non-hydrogen) atoms. The van der Waals surface area contributed by atoms with Crippen molar-refractivity contribution >= 4 is 43.9 Å². The van der Waals surface area contributed by atoms with Crippen LogP contribution in [0.5, 0.6) is 0 Å². The molecule has 0 amide bonds. The zero-order valence-corrected chi connectivity index (χ0v) is 24.7. The summed E-state index contributed by atoms with van der Waals surface area (Å²) in [5.74, 6) is 0. The zero-order chi connectivity index (χ0) is 30.6. The number of furan rings is 2. The van der Waals surface area contributed by atoms with E-state index in [1.54, 1.807) is 0 Å². The van der Waals surface area contributed by atoms with Crippen molar-refractivity contribution < 1.29 is 8.83 Å². The molecule has 0 spiro atoms. The molecule has 0 aliphatic heterocycles. The molecule has 3 nitrogen and oxygen atoms in total. The van der Waals surface area contributed by atoms with E-state index in [-0.39, 0.29) is 0 Å². The highest BCUT2D eigenvalue weighted by atomic mass is 16.3. The number of hydrogen-bond donors (Lipinski definition) is 0. The van der Waals surface area contributed by atoms with Crippen LogP contribution in [0.4, 0.5) is 0 Å². The summed E-state index contributed by atoms with van der Waals surface area (Å²) in [6.07, 6.45) is 0. The number of benzene rings is 7. The van der Waals surface area contributed by atoms with E-state index >= 15 is 0 Å². The first-order chi connectivity index (χ1) is 22.7. The topological polar surface area (TPSA) is 50.1 Å². The first-order valence-corrected chi connectivity index (χ1v) is 15.3. The summed E-state index contributed by atoms with van der Waals surface area (Å²) in [6.45, 7) is 0. The number of hydrogen-bond acceptors (Lipinski definition) is 3. The Morgan fingerprint density at radius 3 is 1.70 bits per heavy atom. The van der Waals surface area contributed by atoms with Crippen LogP contribution in [0.2, 0.25) is 0 Å². The van der Waals surface area contributed by atoms with Crippen LogP contribution < -0.4 is 0 Å². The largest absolute Gasteiger partial charge is 0.456 e. The van der Waals surface area contributed by atoms with E-state index in [1.165, 1.54) is 0 Å². The van der Waals surface area contributed by atoms with E-state index in [0.717, 1.165) is 88.4 Å². The van der Waals surface area contributed by atoms with Gasteiger partial charge in [-0.15, -0.1) is 0 Å². The van der Waals surface area contributed by atoms with Gasteiger partial charge in [0.15, 0.2) is 0 Å². The van der Waals surface area contributed by atoms with Gasteiger partial charge >= 0.3 is 0 Å². The Labute approximate surface area is 265 Å². The summed E-state index contributed by atoms with van der Waals surface area (Å²) in [5, 5.41) is 14.4. The van der Waals surface area contributed by atoms with Gasteiger partial charge < -0.3 is 8.83 Å². The first kappa shape index (κ1) is 26.1. The Hall–Kier alpha value is -6.37. The third kappa shape index (κ3) is 4.28. The van der Waals surface area contributed by atoms with E-state index < -0.39 is 0 Å². The monoisotopic (exact) mass is 587 g/mol. The molecule has 214 valence electrons. The van der Waals surface area contributed by atoms with Gasteiger partial charge in [-0.05, 0) is 99.6 Å². The predicted molar refractivity (Wildman–Crippen MR) is 187 cm³/mol. The van der Waals surface area contributed by atoms with Gasteiger partial charge in [-0.1, -0.05) is 91.0 Å². The van der Waals surface area contributed by atoms with Gasteiger partial charge in [0.25, 0.3) is 0 Å². The molecule has 2 heterocycles. The van der Waals surface area contributed by atoms with Crippen molar-refractivity contribution in [3.8, 4) is 50.6 Å². The summed E-state index contributed by atoms with van der Waals surface area (Å²) in [4.78, 5) is 0. The fourth-order valence-corrected chi connectivity index (χ4v) is 6.65. The van der Waals surface area contributed by atoms with E-state index in [4.69, 9.17) is 8.83 Å². The van der Waals surface area contributed by atoms with Crippen molar-refractivity contribution in [1.29, 1.82) is 5.26 Å². The van der Waals surface area contributed by atoms with Crippen LogP contribution in [-0.2, 0) is 0 Å². The molecule has 9 aromatic rings. The number of nitriles is 1. The number of rotatable bonds is 4. The number of nitrogens with zero attached hydrogens (tertiary/aromatic N) is 1. The van der Waals surface area contributed by atoms with Gasteiger partial charge in [0.05, 0.1) is 11.6 Å². The molecule has 0 saturated carbocycles. The summed E-state index contributed by atoms with van der Waals surface area (Å²) in [7, 11) is 0. The molecule has 0 bridgehead atoms. The van der Waals surface area contributed by atoms with Gasteiger partial charge in [-0.3, -0.25) is 0 Å². The van der Waals surface area contributed by atoms with Crippen LogP contribution in [-0.4, -0.2) is 0 Å². The van der Waals surface area contributed by atoms with Gasteiger partial charge in [-0.2, -0.15) is 5.26 Å². The average molecular weight is 588 g/mol. The third-order valence-corrected chi connectivity index (χ3v) is 8.86. The summed E-state index contributed by atoms with van der Waals surface area (Å²) >= 11 is 0. The number of fused-ring (bicyclic) bond motifs is 6. The standard InChI is InChI=1S/C43H25NO2/c44-26-27-19-30(28-9-2-1-3-10-28)21-31(20-27)33-22-32(29-17-18-42-39(25-29)37-12-5-6-15-40(37)45-42)23-34(24-33)35-13-8-14-38-36-11-4-7-16-41(36)46-43(35)38/h1-25H. The Balaban J connectivity index is 1.30. The molecule has 0 N–H and O–H groups in total. The fraction of sp³-hybridized carbons (Fsp3) is 0. The lowest BCUT2D eigenvalue weighted by Crippen LogP contribution is -1.89. The normalized spacial score (nSPS) is 11.5. The van der Waals surface area contributed by atoms with Crippen LogP contribution >= 0.6 is 0 Å². The Morgan fingerprint density at radius 1 is 0.370 bits per heavy atom. The maximum Gasteiger partial charge on any atom is 0.143 e. The molecular formula is C43H25NO2. The molecule has 0 fully saturated rings. The van der Waals surface area contributed by atoms with Crippen molar-refractivity contribution in [2.45, 2.75) is 0 Å². The molecule has 0 radical (unpaired) electrons. The Bertz CT molecular complexity index is 2650. The highest BCUT2D eigenvalue weighted by Crippen LogP contribution is 2.41. The van der Waals surface area contributed by atoms with Gasteiger partial charge in [0, 0.05) is 27.1 Å². The lowest BCUT2D eigenvalue weighted by atomic mass is 9.90. The molecular weight excluding hydrogens is 562 g/mol. The van der Waals surface area contributed by atoms with Crippen LogP contribution in [0.25, 0.3) is 88.4 Å². The Morgan fingerprint density at radius 2 is 0.935 bits per heavy atom. The second-order valence-corrected chi connectivity index (χ2v) is 11.7. The second-order valence-electron chi connectivity index (χ2n) is 11.7. The van der Waals surface area contributed by atoms with E-state index in [2.05, 4.69) is 91.0 Å². The van der Waals surface area contributed by atoms with Crippen LogP contribution in [0.3, 0.4) is 0 Å². The number of para-hydroxylation sites is 3. The van der Waals surface area contributed by atoms with Crippen LogP contribution in [0.1, 0.15) is 5.56 Å². The molecule has 0 aliphatic rings. The minimum absolute atomic E-state index is 0.619. The van der Waals surface area contributed by atoms with Crippen molar-refractivity contribution in [2.75, 3.05) is 0 Å². The molecule has 9 rings (SSSR count). The van der Waals surface area contributed by atoms with Crippen LogP contribution in [0.15, 0.2) is 160 Å². The second kappa shape index (κ2) is 10.4. The van der Waals surface area contributed by atoms with E-state index in [9.17, 15) is 5.26 Å². The predicted octanol–water partition coefficient (Wildman–Crippen LogP) is 12.0.